The zero-order chi connectivity index (χ0) is 41.7. The summed E-state index contributed by atoms with van der Waals surface area (Å²) in [6.45, 7) is 12.1. The molecule has 1 amide bonds. The molecule has 57 heavy (non-hydrogen) atoms. The molecule has 0 aromatic carbocycles. The van der Waals surface area contributed by atoms with Crippen molar-refractivity contribution in [2.75, 3.05) is 30.5 Å². The number of phosphoric acid groups is 1. The van der Waals surface area contributed by atoms with Crippen LogP contribution in [0.4, 0.5) is 11.8 Å². The van der Waals surface area contributed by atoms with Crippen molar-refractivity contribution in [1.29, 1.82) is 5.26 Å². The molecule has 0 bridgehead atoms. The minimum absolute atomic E-state index is 0.0445. The van der Waals surface area contributed by atoms with E-state index < -0.39 is 84.9 Å². The molecule has 1 saturated heterocycles. The summed E-state index contributed by atoms with van der Waals surface area (Å²) in [6, 6.07) is 3.39. The summed E-state index contributed by atoms with van der Waals surface area (Å²) in [6.07, 6.45) is -0.952. The zero-order valence-corrected chi connectivity index (χ0v) is 35.7. The monoisotopic (exact) mass is 855 g/mol. The highest BCUT2D eigenvalue weighted by Gasteiger charge is 2.53. The van der Waals surface area contributed by atoms with Crippen molar-refractivity contribution in [2.45, 2.75) is 109 Å². The second-order valence-corrected chi connectivity index (χ2v) is 22.8. The molecule has 2 aliphatic rings. The molecule has 2 fully saturated rings. The van der Waals surface area contributed by atoms with E-state index in [0.717, 1.165) is 0 Å². The van der Waals surface area contributed by atoms with E-state index in [9.17, 15) is 34.0 Å². The average molecular weight is 856 g/mol. The maximum Gasteiger partial charge on any atom is 0.475 e. The minimum atomic E-state index is -4.52. The number of nitriles is 1. The Labute approximate surface area is 330 Å². The standard InChI is InChI=1S/C33H51N9O12P2Si/c1-19(2)29(44)40-32-39-28-25(30(45)41-32)37-18-42(28)31-27(52-55(46)47)26(54-57(6,7)33(3,4)5)23(51-31)16-50-56(48,49-12-8-10-34)53-22-14-21(13-20(22)15-43)38-24-9-11-35-17-36-24/h9,11,17-23,26-27,31,43,55H,8,12-16H2,1-7H3,(H,46,47)(H,35,36,38)(H2,39,40,41,44,45)/t20-,21-,22-,23-,26-,27-,31-,56?/m1/s1. The Balaban J connectivity index is 1.48. The third kappa shape index (κ3) is 11.0. The Morgan fingerprint density at radius 1 is 1.25 bits per heavy atom. The van der Waals surface area contributed by atoms with E-state index in [-0.39, 0.29) is 47.8 Å². The van der Waals surface area contributed by atoms with Crippen LogP contribution in [0.5, 0.6) is 0 Å². The third-order valence-electron chi connectivity index (χ3n) is 10.2. The summed E-state index contributed by atoms with van der Waals surface area (Å²) in [5.74, 6) is -0.921. The van der Waals surface area contributed by atoms with Gasteiger partial charge in [0.2, 0.25) is 11.9 Å². The fourth-order valence-corrected chi connectivity index (χ4v) is 9.38. The molecule has 3 aromatic rings. The average Bonchev–Trinajstić information content (AvgIpc) is 3.82. The first kappa shape index (κ1) is 44.6. The van der Waals surface area contributed by atoms with Crippen molar-refractivity contribution in [2.24, 2.45) is 11.8 Å². The van der Waals surface area contributed by atoms with Crippen molar-refractivity contribution >= 4 is 53.2 Å². The number of carbonyl (C=O) groups is 1. The molecule has 0 spiro atoms. The fraction of sp³-hybridized carbons (Fsp3) is 0.667. The Morgan fingerprint density at radius 3 is 2.63 bits per heavy atom. The number of nitrogens with one attached hydrogen (secondary N) is 3. The lowest BCUT2D eigenvalue weighted by Crippen LogP contribution is -2.50. The summed E-state index contributed by atoms with van der Waals surface area (Å²) >= 11 is 0. The van der Waals surface area contributed by atoms with Gasteiger partial charge < -0.3 is 24.5 Å². The number of rotatable bonds is 18. The third-order valence-corrected chi connectivity index (χ3v) is 16.6. The lowest BCUT2D eigenvalue weighted by molar-refractivity contribution is -0.118. The number of hydrogen-bond acceptors (Lipinski definition) is 17. The molecular formula is C33H51N9O12P2Si. The zero-order valence-electron chi connectivity index (χ0n) is 32.8. The van der Waals surface area contributed by atoms with Crippen LogP contribution in [0.25, 0.3) is 11.2 Å². The van der Waals surface area contributed by atoms with Gasteiger partial charge in [0, 0.05) is 30.7 Å². The van der Waals surface area contributed by atoms with Crippen LogP contribution >= 0.6 is 16.1 Å². The number of aromatic nitrogens is 6. The smallest absolute Gasteiger partial charge is 0.408 e. The molecule has 9 atom stereocenters. The van der Waals surface area contributed by atoms with E-state index in [0.29, 0.717) is 18.7 Å². The number of aliphatic hydroxyl groups excluding tert-OH is 1. The van der Waals surface area contributed by atoms with Crippen molar-refractivity contribution in [3.05, 3.63) is 35.3 Å². The van der Waals surface area contributed by atoms with E-state index >= 15 is 0 Å². The highest BCUT2D eigenvalue weighted by atomic mass is 31.2. The predicted molar refractivity (Wildman–Crippen MR) is 208 cm³/mol. The van der Waals surface area contributed by atoms with E-state index in [4.69, 9.17) is 27.3 Å². The Morgan fingerprint density at radius 2 is 2.00 bits per heavy atom. The normalized spacial score (nSPS) is 25.7. The lowest BCUT2D eigenvalue weighted by Gasteiger charge is -2.40. The Hall–Kier alpha value is -3.45. The molecule has 314 valence electrons. The van der Waals surface area contributed by atoms with Gasteiger partial charge in [0.1, 0.15) is 30.5 Å². The van der Waals surface area contributed by atoms with E-state index in [1.165, 1.54) is 17.2 Å². The number of H-pyrrole nitrogens is 1. The molecule has 5 rings (SSSR count). The van der Waals surface area contributed by atoms with Crippen LogP contribution < -0.4 is 16.2 Å². The number of nitrogens with zero attached hydrogens (tertiary/aromatic N) is 6. The Bertz CT molecular complexity index is 2030. The molecule has 2 unspecified atom stereocenters. The predicted octanol–water partition coefficient (Wildman–Crippen LogP) is 3.88. The summed E-state index contributed by atoms with van der Waals surface area (Å²) in [5.41, 5.74) is -0.838. The number of carbonyl (C=O) groups excluding carboxylic acids is 1. The topological polar surface area (TPSA) is 284 Å². The van der Waals surface area contributed by atoms with Crippen molar-refractivity contribution in [3.63, 3.8) is 0 Å². The van der Waals surface area contributed by atoms with E-state index in [2.05, 4.69) is 35.6 Å². The molecule has 0 radical (unpaired) electrons. The summed E-state index contributed by atoms with van der Waals surface area (Å²) < 4.78 is 64.7. The molecule has 21 nitrogen and oxygen atoms in total. The van der Waals surface area contributed by atoms with Gasteiger partial charge in [-0.05, 0) is 37.0 Å². The van der Waals surface area contributed by atoms with Crippen molar-refractivity contribution in [3.8, 4) is 6.07 Å². The Kier molecular flexibility index (Phi) is 14.6. The van der Waals surface area contributed by atoms with Crippen LogP contribution in [-0.4, -0.2) is 104 Å². The van der Waals surface area contributed by atoms with Gasteiger partial charge in [0.25, 0.3) is 5.56 Å². The van der Waals surface area contributed by atoms with Crippen molar-refractivity contribution < 1.29 is 51.2 Å². The van der Waals surface area contributed by atoms with E-state index in [1.54, 1.807) is 26.1 Å². The van der Waals surface area contributed by atoms with Gasteiger partial charge >= 0.3 is 16.1 Å². The molecule has 5 N–H and O–H groups in total. The van der Waals surface area contributed by atoms with Gasteiger partial charge in [-0.15, -0.1) is 0 Å². The number of fused-ring (bicyclic) bond motifs is 1. The number of aliphatic hydroxyl groups is 1. The number of hydrogen-bond donors (Lipinski definition) is 5. The number of phosphoric ester groups is 1. The van der Waals surface area contributed by atoms with Crippen LogP contribution in [0, 0.1) is 23.2 Å². The first-order valence-corrected chi connectivity index (χ1v) is 24.1. The molecule has 1 saturated carbocycles. The largest absolute Gasteiger partial charge is 0.475 e. The number of imidazole rings is 1. The van der Waals surface area contributed by atoms with Gasteiger partial charge in [-0.1, -0.05) is 34.6 Å². The second-order valence-electron chi connectivity index (χ2n) is 15.6. The lowest BCUT2D eigenvalue weighted by atomic mass is 10.1. The first-order valence-electron chi connectivity index (χ1n) is 18.4. The maximum absolute atomic E-state index is 14.4. The van der Waals surface area contributed by atoms with Gasteiger partial charge in [0.15, 0.2) is 25.7 Å². The highest BCUT2D eigenvalue weighted by molar-refractivity contribution is 7.48. The summed E-state index contributed by atoms with van der Waals surface area (Å²) in [5, 5.41) is 24.9. The molecule has 1 aliphatic heterocycles. The van der Waals surface area contributed by atoms with Crippen LogP contribution in [0.15, 0.2) is 29.7 Å². The van der Waals surface area contributed by atoms with Gasteiger partial charge in [0.05, 0.1) is 38.1 Å². The summed E-state index contributed by atoms with van der Waals surface area (Å²) in [4.78, 5) is 54.9. The highest BCUT2D eigenvalue weighted by Crippen LogP contribution is 2.54. The van der Waals surface area contributed by atoms with Crippen LogP contribution in [0.1, 0.15) is 60.1 Å². The molecule has 4 heterocycles. The molecule has 3 aromatic heterocycles. The van der Waals surface area contributed by atoms with Crippen molar-refractivity contribution in [1.82, 2.24) is 29.5 Å². The first-order chi connectivity index (χ1) is 26.8. The minimum Gasteiger partial charge on any atom is -0.408 e. The number of aromatic amines is 1. The van der Waals surface area contributed by atoms with Crippen LogP contribution in [-0.2, 0) is 41.2 Å². The van der Waals surface area contributed by atoms with Gasteiger partial charge in [-0.25, -0.2) is 19.5 Å². The number of anilines is 2. The maximum atomic E-state index is 14.4. The molecular weight excluding hydrogens is 804 g/mol. The SMILES string of the molecule is CC(C)C(=O)Nc1nc2c(ncn2[C@@H]2O[C@H](COP(=O)(OCCC#N)O[C@@H]3C[C@H](Nc4ccncn4)C[C@@H]3CO)[C@@H](O[Si](C)(C)C(C)(C)C)[C@H]2O[PH](=O)O)c(=O)[nH]1. The van der Waals surface area contributed by atoms with Gasteiger partial charge in [-0.2, -0.15) is 10.2 Å². The van der Waals surface area contributed by atoms with Gasteiger partial charge in [-0.3, -0.25) is 47.1 Å². The summed E-state index contributed by atoms with van der Waals surface area (Å²) in [7, 11) is -10.9. The quantitative estimate of drug-likeness (QED) is 0.0689. The fourth-order valence-electron chi connectivity index (χ4n) is 6.14. The van der Waals surface area contributed by atoms with Crippen LogP contribution in [0.2, 0.25) is 18.1 Å². The van der Waals surface area contributed by atoms with E-state index in [1.807, 2.05) is 39.9 Å². The molecule has 24 heteroatoms. The molecule has 1 aliphatic carbocycles. The number of amides is 1. The second kappa shape index (κ2) is 18.6. The number of ether oxygens (including phenoxy) is 1. The van der Waals surface area contributed by atoms with Crippen LogP contribution in [0.3, 0.4) is 0 Å².